The Morgan fingerprint density at radius 1 is 1.16 bits per heavy atom. The third-order valence-electron chi connectivity index (χ3n) is 4.49. The van der Waals surface area contributed by atoms with Crippen molar-refractivity contribution in [3.8, 4) is 5.88 Å². The largest absolute Gasteiger partial charge is 0.494 e. The fraction of sp³-hybridized carbons (Fsp3) is 0.353. The van der Waals surface area contributed by atoms with Gasteiger partial charge in [0, 0.05) is 40.3 Å². The fourth-order valence-corrected chi connectivity index (χ4v) is 2.88. The quantitative estimate of drug-likeness (QED) is 0.836. The minimum absolute atomic E-state index is 0.0597. The predicted molar refractivity (Wildman–Crippen MR) is 96.4 cm³/mol. The van der Waals surface area contributed by atoms with E-state index < -0.39 is 11.2 Å². The highest BCUT2D eigenvalue weighted by molar-refractivity contribution is 6.03. The number of benzene rings is 1. The molecular formula is C17H21N5O3. The smallest absolute Gasteiger partial charge is 0.333 e. The highest BCUT2D eigenvalue weighted by Crippen LogP contribution is 2.27. The summed E-state index contributed by atoms with van der Waals surface area (Å²) in [6, 6.07) is 7.94. The van der Waals surface area contributed by atoms with Crippen molar-refractivity contribution in [2.75, 3.05) is 19.0 Å². The summed E-state index contributed by atoms with van der Waals surface area (Å²) in [5, 5.41) is 14.5. The van der Waals surface area contributed by atoms with E-state index in [-0.39, 0.29) is 17.5 Å². The average Bonchev–Trinajstić information content (AvgIpc) is 3.08. The third-order valence-corrected chi connectivity index (χ3v) is 4.49. The van der Waals surface area contributed by atoms with E-state index >= 15 is 0 Å². The number of anilines is 1. The van der Waals surface area contributed by atoms with E-state index in [0.717, 1.165) is 20.4 Å². The first-order valence-corrected chi connectivity index (χ1v) is 7.90. The van der Waals surface area contributed by atoms with Crippen molar-refractivity contribution in [1.82, 2.24) is 14.6 Å². The Morgan fingerprint density at radius 2 is 1.80 bits per heavy atom. The lowest BCUT2D eigenvalue weighted by atomic mass is 9.99. The van der Waals surface area contributed by atoms with Gasteiger partial charge < -0.3 is 15.4 Å². The first-order valence-electron chi connectivity index (χ1n) is 7.90. The second-order valence-corrected chi connectivity index (χ2v) is 6.33. The molecule has 1 aromatic carbocycles. The van der Waals surface area contributed by atoms with E-state index in [1.807, 2.05) is 43.3 Å². The number of nitrogens with one attached hydrogen (secondary N) is 1. The van der Waals surface area contributed by atoms with E-state index in [0.29, 0.717) is 12.1 Å². The summed E-state index contributed by atoms with van der Waals surface area (Å²) in [6.45, 7) is 0. The van der Waals surface area contributed by atoms with Crippen molar-refractivity contribution >= 4 is 11.4 Å². The van der Waals surface area contributed by atoms with Crippen LogP contribution in [0.1, 0.15) is 23.6 Å². The molecule has 0 saturated heterocycles. The zero-order chi connectivity index (χ0) is 18.3. The molecule has 8 nitrogen and oxygen atoms in total. The molecule has 1 aliphatic heterocycles. The molecule has 3 rings (SSSR count). The van der Waals surface area contributed by atoms with Gasteiger partial charge in [0.05, 0.1) is 11.8 Å². The van der Waals surface area contributed by atoms with Crippen LogP contribution in [-0.2, 0) is 14.1 Å². The highest BCUT2D eigenvalue weighted by atomic mass is 16.3. The maximum Gasteiger partial charge on any atom is 0.333 e. The van der Waals surface area contributed by atoms with Crippen LogP contribution in [0.5, 0.6) is 5.88 Å². The summed E-state index contributed by atoms with van der Waals surface area (Å²) in [5.41, 5.74) is 4.50. The maximum atomic E-state index is 12.4. The normalized spacial score (nSPS) is 16.5. The number of hydrogen-bond acceptors (Lipinski definition) is 6. The molecule has 1 atom stereocenters. The van der Waals surface area contributed by atoms with Crippen molar-refractivity contribution in [1.29, 1.82) is 0 Å². The summed E-state index contributed by atoms with van der Waals surface area (Å²) in [7, 11) is 6.75. The van der Waals surface area contributed by atoms with Crippen molar-refractivity contribution in [3.63, 3.8) is 0 Å². The van der Waals surface area contributed by atoms with Crippen LogP contribution in [0.2, 0.25) is 0 Å². The molecule has 0 bridgehead atoms. The average molecular weight is 343 g/mol. The zero-order valence-corrected chi connectivity index (χ0v) is 14.6. The number of nitrogens with zero attached hydrogens (tertiary/aromatic N) is 4. The Kier molecular flexibility index (Phi) is 4.12. The van der Waals surface area contributed by atoms with E-state index in [1.54, 1.807) is 0 Å². The second-order valence-electron chi connectivity index (χ2n) is 6.33. The van der Waals surface area contributed by atoms with Gasteiger partial charge in [0.25, 0.3) is 5.56 Å². The van der Waals surface area contributed by atoms with Crippen LogP contribution in [0.15, 0.2) is 39.0 Å². The van der Waals surface area contributed by atoms with E-state index in [2.05, 4.69) is 10.5 Å². The van der Waals surface area contributed by atoms with Gasteiger partial charge in [-0.15, -0.1) is 0 Å². The molecule has 2 heterocycles. The monoisotopic (exact) mass is 343 g/mol. The molecule has 2 aromatic rings. The molecule has 0 saturated carbocycles. The molecule has 1 aliphatic rings. The summed E-state index contributed by atoms with van der Waals surface area (Å²) in [4.78, 5) is 26.3. The van der Waals surface area contributed by atoms with Crippen molar-refractivity contribution in [3.05, 3.63) is 56.2 Å². The molecule has 25 heavy (non-hydrogen) atoms. The summed E-state index contributed by atoms with van der Waals surface area (Å²) in [6.07, 6.45) is 0.447. The molecular weight excluding hydrogens is 322 g/mol. The fourth-order valence-electron chi connectivity index (χ4n) is 2.88. The minimum Gasteiger partial charge on any atom is -0.494 e. The lowest BCUT2D eigenvalue weighted by Gasteiger charge is -2.15. The number of hydrogen-bond donors (Lipinski definition) is 2. The SMILES string of the molecule is CN(C)c1ccc([C@@H]2CC(c3c(O)n(C)c(=O)n(C)c3=O)=NN2)cc1. The topological polar surface area (TPSA) is 91.9 Å². The first-order chi connectivity index (χ1) is 11.8. The van der Waals surface area contributed by atoms with Gasteiger partial charge in [0.2, 0.25) is 5.88 Å². The number of aromatic nitrogens is 2. The van der Waals surface area contributed by atoms with Crippen LogP contribution in [-0.4, -0.2) is 34.0 Å². The van der Waals surface area contributed by atoms with Crippen LogP contribution < -0.4 is 21.6 Å². The highest BCUT2D eigenvalue weighted by Gasteiger charge is 2.27. The maximum absolute atomic E-state index is 12.4. The standard InChI is InChI=1S/C17H21N5O3/c1-20(2)11-7-5-10(6-8-11)12-9-13(19-18-12)14-15(23)21(3)17(25)22(4)16(14)24/h5-8,12,18,23H,9H2,1-4H3/t12-/m0/s1. The Labute approximate surface area is 144 Å². The number of hydrazone groups is 1. The lowest BCUT2D eigenvalue weighted by molar-refractivity contribution is 0.410. The summed E-state index contributed by atoms with van der Waals surface area (Å²) >= 11 is 0. The van der Waals surface area contributed by atoms with Gasteiger partial charge in [-0.05, 0) is 17.7 Å². The molecule has 0 spiro atoms. The van der Waals surface area contributed by atoms with Crippen molar-refractivity contribution in [2.45, 2.75) is 12.5 Å². The molecule has 0 unspecified atom stereocenters. The zero-order valence-electron chi connectivity index (χ0n) is 14.6. The second kappa shape index (κ2) is 6.12. The van der Waals surface area contributed by atoms with Crippen LogP contribution >= 0.6 is 0 Å². The Morgan fingerprint density at radius 3 is 2.40 bits per heavy atom. The van der Waals surface area contributed by atoms with Gasteiger partial charge in [-0.1, -0.05) is 12.1 Å². The summed E-state index contributed by atoms with van der Waals surface area (Å²) in [5.74, 6) is -0.364. The van der Waals surface area contributed by atoms with Crippen LogP contribution in [0, 0.1) is 0 Å². The van der Waals surface area contributed by atoms with Crippen molar-refractivity contribution in [2.24, 2.45) is 19.2 Å². The van der Waals surface area contributed by atoms with Gasteiger partial charge in [-0.2, -0.15) is 5.10 Å². The van der Waals surface area contributed by atoms with Crippen molar-refractivity contribution < 1.29 is 5.11 Å². The molecule has 0 aliphatic carbocycles. The predicted octanol–water partition coefficient (Wildman–Crippen LogP) is 0.294. The molecule has 0 radical (unpaired) electrons. The number of aromatic hydroxyl groups is 1. The molecule has 132 valence electrons. The molecule has 1 aromatic heterocycles. The van der Waals surface area contributed by atoms with E-state index in [1.165, 1.54) is 14.1 Å². The molecule has 2 N–H and O–H groups in total. The van der Waals surface area contributed by atoms with Gasteiger partial charge in [0.1, 0.15) is 5.56 Å². The van der Waals surface area contributed by atoms with Gasteiger partial charge in [-0.25, -0.2) is 4.79 Å². The van der Waals surface area contributed by atoms with Crippen LogP contribution in [0.25, 0.3) is 0 Å². The van der Waals surface area contributed by atoms with Gasteiger partial charge in [0.15, 0.2) is 0 Å². The number of rotatable bonds is 3. The Bertz CT molecular complexity index is 954. The summed E-state index contributed by atoms with van der Waals surface area (Å²) < 4.78 is 2.01. The molecule has 0 fully saturated rings. The molecule has 8 heteroatoms. The van der Waals surface area contributed by atoms with E-state index in [9.17, 15) is 14.7 Å². The van der Waals surface area contributed by atoms with E-state index in [4.69, 9.17) is 0 Å². The molecule has 0 amide bonds. The van der Waals surface area contributed by atoms with Gasteiger partial charge >= 0.3 is 5.69 Å². The van der Waals surface area contributed by atoms with Crippen LogP contribution in [0.3, 0.4) is 0 Å². The Balaban J connectivity index is 1.91. The first kappa shape index (κ1) is 16.8. The van der Waals surface area contributed by atoms with Gasteiger partial charge in [-0.3, -0.25) is 13.9 Å². The van der Waals surface area contributed by atoms with Crippen LogP contribution in [0.4, 0.5) is 5.69 Å². The lowest BCUT2D eigenvalue weighted by Crippen LogP contribution is -2.39. The Hall–Kier alpha value is -3.03. The third kappa shape index (κ3) is 2.79. The minimum atomic E-state index is -0.575.